The van der Waals surface area contributed by atoms with Crippen LogP contribution in [0.1, 0.15) is 51.2 Å². The highest BCUT2D eigenvalue weighted by atomic mass is 16.5. The molecule has 2 unspecified atom stereocenters. The predicted molar refractivity (Wildman–Crippen MR) is 116 cm³/mol. The molecule has 0 bridgehead atoms. The molecule has 0 aromatic heterocycles. The standard InChI is InChI=1S/C24H32N2O3/c1-18(12-15-27)11-13-24(28)21-10-6-5-9-20(21)22(16-23(24,2)3)25-26-14-7-8-19(26)17-29-4/h5-6,9-13,15,19,28H,7-8,14,16-17H2,1-4H3/b13-11+,18-12+,25-22-. The maximum Gasteiger partial charge on any atom is 0.143 e. The summed E-state index contributed by atoms with van der Waals surface area (Å²) in [5.41, 5.74) is 2.03. The fraction of sp³-hybridized carbons (Fsp3) is 0.500. The van der Waals surface area contributed by atoms with E-state index in [2.05, 4.69) is 18.9 Å². The zero-order valence-electron chi connectivity index (χ0n) is 17.9. The Bertz CT molecular complexity index is 840. The number of allylic oxidation sites excluding steroid dienone is 3. The van der Waals surface area contributed by atoms with E-state index in [4.69, 9.17) is 9.84 Å². The van der Waals surface area contributed by atoms with Crippen molar-refractivity contribution in [1.82, 2.24) is 5.01 Å². The summed E-state index contributed by atoms with van der Waals surface area (Å²) in [6, 6.07) is 8.27. The van der Waals surface area contributed by atoms with Crippen LogP contribution in [0.3, 0.4) is 0 Å². The lowest BCUT2D eigenvalue weighted by molar-refractivity contribution is -0.104. The predicted octanol–water partition coefficient (Wildman–Crippen LogP) is 3.82. The molecule has 2 aliphatic rings. The van der Waals surface area contributed by atoms with Crippen molar-refractivity contribution >= 4 is 12.0 Å². The highest BCUT2D eigenvalue weighted by Gasteiger charge is 2.49. The molecule has 0 radical (unpaired) electrons. The summed E-state index contributed by atoms with van der Waals surface area (Å²) in [5, 5.41) is 19.0. The minimum Gasteiger partial charge on any atom is -0.382 e. The molecule has 1 aromatic carbocycles. The number of carbonyl (C=O) groups is 1. The van der Waals surface area contributed by atoms with E-state index < -0.39 is 11.0 Å². The summed E-state index contributed by atoms with van der Waals surface area (Å²) in [6.07, 6.45) is 8.76. The van der Waals surface area contributed by atoms with Gasteiger partial charge < -0.3 is 9.84 Å². The summed E-state index contributed by atoms with van der Waals surface area (Å²) in [6.45, 7) is 7.60. The third kappa shape index (κ3) is 4.21. The molecule has 0 amide bonds. The van der Waals surface area contributed by atoms with Gasteiger partial charge >= 0.3 is 0 Å². The number of hydrazone groups is 1. The topological polar surface area (TPSA) is 62.1 Å². The Morgan fingerprint density at radius 2 is 2.14 bits per heavy atom. The van der Waals surface area contributed by atoms with Gasteiger partial charge in [-0.3, -0.25) is 9.80 Å². The quantitative estimate of drug-likeness (QED) is 0.451. The average Bonchev–Trinajstić information content (AvgIpc) is 3.12. The van der Waals surface area contributed by atoms with Crippen molar-refractivity contribution in [3.8, 4) is 0 Å². The Morgan fingerprint density at radius 1 is 1.38 bits per heavy atom. The van der Waals surface area contributed by atoms with E-state index >= 15 is 0 Å². The van der Waals surface area contributed by atoms with Crippen molar-refractivity contribution < 1.29 is 14.6 Å². The Morgan fingerprint density at radius 3 is 2.86 bits per heavy atom. The second-order valence-corrected chi connectivity index (χ2v) is 8.71. The fourth-order valence-electron chi connectivity index (χ4n) is 4.37. The molecule has 5 nitrogen and oxygen atoms in total. The van der Waals surface area contributed by atoms with Crippen LogP contribution in [0.4, 0.5) is 0 Å². The number of ether oxygens (including phenoxy) is 1. The Hall–Kier alpha value is -2.24. The Balaban J connectivity index is 2.05. The second-order valence-electron chi connectivity index (χ2n) is 8.71. The molecule has 156 valence electrons. The molecule has 1 aromatic rings. The number of aldehydes is 1. The first-order chi connectivity index (χ1) is 13.8. The van der Waals surface area contributed by atoms with Gasteiger partial charge in [-0.05, 0) is 43.1 Å². The number of aliphatic hydroxyl groups is 1. The van der Waals surface area contributed by atoms with Crippen molar-refractivity contribution in [2.45, 2.75) is 51.7 Å². The van der Waals surface area contributed by atoms with Gasteiger partial charge in [0.1, 0.15) is 11.9 Å². The van der Waals surface area contributed by atoms with Gasteiger partial charge in [0.05, 0.1) is 18.4 Å². The normalized spacial score (nSPS) is 28.2. The molecular formula is C24H32N2O3. The molecule has 29 heavy (non-hydrogen) atoms. The molecule has 0 saturated carbocycles. The number of hydrogen-bond acceptors (Lipinski definition) is 5. The second kappa shape index (κ2) is 8.64. The van der Waals surface area contributed by atoms with Gasteiger partial charge in [0.15, 0.2) is 0 Å². The van der Waals surface area contributed by atoms with Gasteiger partial charge in [0, 0.05) is 31.1 Å². The molecule has 1 aliphatic carbocycles. The van der Waals surface area contributed by atoms with E-state index in [1.807, 2.05) is 43.3 Å². The first-order valence-electron chi connectivity index (χ1n) is 10.3. The number of hydrogen-bond donors (Lipinski definition) is 1. The van der Waals surface area contributed by atoms with Crippen LogP contribution in [0.5, 0.6) is 0 Å². The zero-order valence-corrected chi connectivity index (χ0v) is 17.9. The summed E-state index contributed by atoms with van der Waals surface area (Å²) in [5.74, 6) is 0. The van der Waals surface area contributed by atoms with E-state index in [-0.39, 0.29) is 0 Å². The van der Waals surface area contributed by atoms with Crippen molar-refractivity contribution in [3.05, 3.63) is 59.2 Å². The Labute approximate surface area is 173 Å². The van der Waals surface area contributed by atoms with E-state index in [1.165, 1.54) is 6.08 Å². The van der Waals surface area contributed by atoms with E-state index in [0.29, 0.717) is 19.1 Å². The van der Waals surface area contributed by atoms with Crippen molar-refractivity contribution in [2.24, 2.45) is 10.5 Å². The summed E-state index contributed by atoms with van der Waals surface area (Å²) < 4.78 is 5.37. The van der Waals surface area contributed by atoms with Crippen LogP contribution in [-0.2, 0) is 15.1 Å². The smallest absolute Gasteiger partial charge is 0.143 e. The molecule has 1 saturated heterocycles. The van der Waals surface area contributed by atoms with E-state index in [1.54, 1.807) is 7.11 Å². The number of benzene rings is 1. The van der Waals surface area contributed by atoms with Crippen LogP contribution in [-0.4, -0.2) is 48.4 Å². The molecule has 1 fully saturated rings. The third-order valence-electron chi connectivity index (χ3n) is 6.16. The van der Waals surface area contributed by atoms with Gasteiger partial charge in [-0.15, -0.1) is 0 Å². The first kappa shape index (κ1) is 21.5. The van der Waals surface area contributed by atoms with Crippen LogP contribution in [0, 0.1) is 5.41 Å². The fourth-order valence-corrected chi connectivity index (χ4v) is 4.37. The van der Waals surface area contributed by atoms with Gasteiger partial charge in [-0.2, -0.15) is 5.10 Å². The van der Waals surface area contributed by atoms with Crippen LogP contribution in [0.15, 0.2) is 53.2 Å². The van der Waals surface area contributed by atoms with Crippen LogP contribution in [0.25, 0.3) is 0 Å². The molecule has 5 heteroatoms. The lowest BCUT2D eigenvalue weighted by atomic mass is 9.62. The first-order valence-corrected chi connectivity index (χ1v) is 10.3. The van der Waals surface area contributed by atoms with Crippen LogP contribution < -0.4 is 0 Å². The summed E-state index contributed by atoms with van der Waals surface area (Å²) >= 11 is 0. The van der Waals surface area contributed by atoms with Crippen molar-refractivity contribution in [2.75, 3.05) is 20.3 Å². The largest absolute Gasteiger partial charge is 0.382 e. The Kier molecular flexibility index (Phi) is 6.39. The molecule has 1 N–H and O–H groups in total. The highest BCUT2D eigenvalue weighted by Crippen LogP contribution is 2.49. The van der Waals surface area contributed by atoms with Gasteiger partial charge in [-0.25, -0.2) is 0 Å². The van der Waals surface area contributed by atoms with Gasteiger partial charge in [0.2, 0.25) is 0 Å². The monoisotopic (exact) mass is 396 g/mol. The molecule has 1 aliphatic heterocycles. The number of fused-ring (bicyclic) bond motifs is 1. The summed E-state index contributed by atoms with van der Waals surface area (Å²) in [7, 11) is 1.73. The SMILES string of the molecule is COCC1CCCN1/N=C1/CC(C)(C)C(O)(/C=C/C(C)=C/C=O)c2ccccc21. The van der Waals surface area contributed by atoms with Crippen molar-refractivity contribution in [3.63, 3.8) is 0 Å². The molecule has 2 atom stereocenters. The minimum absolute atomic E-state index is 0.305. The van der Waals surface area contributed by atoms with Crippen LogP contribution in [0.2, 0.25) is 0 Å². The van der Waals surface area contributed by atoms with Gasteiger partial charge in [0.25, 0.3) is 0 Å². The maximum atomic E-state index is 11.8. The lowest BCUT2D eigenvalue weighted by Crippen LogP contribution is -2.47. The number of nitrogens with zero attached hydrogens (tertiary/aromatic N) is 2. The maximum absolute atomic E-state index is 11.8. The number of rotatable bonds is 6. The molecule has 1 heterocycles. The van der Waals surface area contributed by atoms with E-state index in [9.17, 15) is 9.90 Å². The minimum atomic E-state index is -1.16. The zero-order chi connectivity index (χ0) is 21.1. The average molecular weight is 397 g/mol. The molecular weight excluding hydrogens is 364 g/mol. The van der Waals surface area contributed by atoms with Crippen molar-refractivity contribution in [1.29, 1.82) is 0 Å². The number of carbonyl (C=O) groups excluding carboxylic acids is 1. The highest BCUT2D eigenvalue weighted by molar-refractivity contribution is 6.03. The van der Waals surface area contributed by atoms with E-state index in [0.717, 1.165) is 48.1 Å². The number of methoxy groups -OCH3 is 1. The lowest BCUT2D eigenvalue weighted by Gasteiger charge is -2.46. The van der Waals surface area contributed by atoms with Crippen LogP contribution >= 0.6 is 0 Å². The molecule has 3 rings (SSSR count). The third-order valence-corrected chi connectivity index (χ3v) is 6.16. The van der Waals surface area contributed by atoms with Gasteiger partial charge in [-0.1, -0.05) is 44.2 Å². The summed E-state index contributed by atoms with van der Waals surface area (Å²) in [4.78, 5) is 10.8. The molecule has 0 spiro atoms.